The van der Waals surface area contributed by atoms with Crippen LogP contribution < -0.4 is 0 Å². The number of allylic oxidation sites excluding steroid dienone is 2. The standard InChI is InChI=1S/2C10H9.2CH3.Hf/c2*1-8-5-6-9-3-2-4-10(9)7-8;;;/h2*2-7H,1H3;2*1H3;. The van der Waals surface area contributed by atoms with Crippen LogP contribution in [0.1, 0.15) is 40.7 Å². The van der Waals surface area contributed by atoms with Gasteiger partial charge in [-0.3, -0.25) is 0 Å². The molecule has 0 saturated heterocycles. The predicted octanol–water partition coefficient (Wildman–Crippen LogP) is 6.39. The third-order valence-corrected chi connectivity index (χ3v) is 20.8. The molecule has 2 aromatic carbocycles. The second-order valence-electron chi connectivity index (χ2n) is 7.76. The van der Waals surface area contributed by atoms with Gasteiger partial charge in [0.15, 0.2) is 0 Å². The van der Waals surface area contributed by atoms with Crippen LogP contribution in [0.25, 0.3) is 12.2 Å². The van der Waals surface area contributed by atoms with Crippen LogP contribution >= 0.6 is 0 Å². The van der Waals surface area contributed by atoms with Gasteiger partial charge < -0.3 is 0 Å². The molecule has 0 amide bonds. The van der Waals surface area contributed by atoms with Gasteiger partial charge in [0.1, 0.15) is 0 Å². The van der Waals surface area contributed by atoms with E-state index in [1.165, 1.54) is 22.3 Å². The first-order valence-corrected chi connectivity index (χ1v) is 19.9. The Hall–Kier alpha value is -1.21. The first-order chi connectivity index (χ1) is 11.0. The van der Waals surface area contributed by atoms with E-state index in [2.05, 4.69) is 83.9 Å². The van der Waals surface area contributed by atoms with E-state index in [1.807, 2.05) is 0 Å². The number of fused-ring (bicyclic) bond motifs is 2. The summed E-state index contributed by atoms with van der Waals surface area (Å²) < 4.78 is 6.68. The molecule has 0 saturated carbocycles. The molecule has 2 unspecified atom stereocenters. The topological polar surface area (TPSA) is 0 Å². The fraction of sp³-hybridized carbons (Fsp3) is 0.273. The van der Waals surface area contributed by atoms with Crippen LogP contribution in [-0.2, 0) is 20.0 Å². The minimum atomic E-state index is -2.59. The van der Waals surface area contributed by atoms with E-state index in [9.17, 15) is 0 Å². The fourth-order valence-electron chi connectivity index (χ4n) is 4.33. The van der Waals surface area contributed by atoms with Crippen LogP contribution in [0.4, 0.5) is 0 Å². The SMILES string of the molecule is Cc1ccc2c(c1)[CH]([Hf]([CH3])([CH3])[CH]1C=Cc3ccc(C)cc31)C=C2. The average molecular weight is 467 g/mol. The average Bonchev–Trinajstić information content (AvgIpc) is 3.10. The van der Waals surface area contributed by atoms with Crippen molar-refractivity contribution >= 4 is 12.2 Å². The summed E-state index contributed by atoms with van der Waals surface area (Å²) in [5, 5.41) is 0. The molecule has 0 nitrogen and oxygen atoms in total. The van der Waals surface area contributed by atoms with E-state index in [0.717, 1.165) is 0 Å². The molecule has 2 aromatic rings. The Morgan fingerprint density at radius 2 is 1.13 bits per heavy atom. The van der Waals surface area contributed by atoms with E-state index in [-0.39, 0.29) is 0 Å². The van der Waals surface area contributed by atoms with Crippen LogP contribution in [0.5, 0.6) is 0 Å². The molecule has 0 N–H and O–H groups in total. The molecule has 23 heavy (non-hydrogen) atoms. The fourth-order valence-corrected chi connectivity index (χ4v) is 17.5. The van der Waals surface area contributed by atoms with Crippen molar-refractivity contribution in [2.75, 3.05) is 0 Å². The van der Waals surface area contributed by atoms with E-state index >= 15 is 0 Å². The molecule has 2 aliphatic carbocycles. The van der Waals surface area contributed by atoms with Gasteiger partial charge in [0, 0.05) is 0 Å². The molecule has 4 rings (SSSR count). The molecule has 2 aliphatic rings. The van der Waals surface area contributed by atoms with Crippen LogP contribution in [0.2, 0.25) is 9.36 Å². The molecule has 0 spiro atoms. The second kappa shape index (κ2) is 5.41. The number of rotatable bonds is 2. The number of aryl methyl sites for hydroxylation is 2. The zero-order valence-electron chi connectivity index (χ0n) is 14.4. The Morgan fingerprint density at radius 3 is 1.57 bits per heavy atom. The third-order valence-electron chi connectivity index (χ3n) is 5.69. The summed E-state index contributed by atoms with van der Waals surface area (Å²) in [7, 11) is 0. The van der Waals surface area contributed by atoms with Gasteiger partial charge in [-0.15, -0.1) is 0 Å². The van der Waals surface area contributed by atoms with Crippen LogP contribution in [0.15, 0.2) is 48.6 Å². The Morgan fingerprint density at radius 1 is 0.696 bits per heavy atom. The zero-order chi connectivity index (χ0) is 16.2. The van der Waals surface area contributed by atoms with Gasteiger partial charge in [-0.2, -0.15) is 0 Å². The van der Waals surface area contributed by atoms with Crippen molar-refractivity contribution in [1.82, 2.24) is 0 Å². The first kappa shape index (κ1) is 15.3. The van der Waals surface area contributed by atoms with Gasteiger partial charge in [0.05, 0.1) is 0 Å². The van der Waals surface area contributed by atoms with Crippen molar-refractivity contribution in [1.29, 1.82) is 0 Å². The molecule has 2 atom stereocenters. The molecule has 0 radical (unpaired) electrons. The molecular weight excluding hydrogens is 443 g/mol. The Labute approximate surface area is 144 Å². The van der Waals surface area contributed by atoms with Gasteiger partial charge in [-0.1, -0.05) is 0 Å². The normalized spacial score (nSPS) is 21.6. The summed E-state index contributed by atoms with van der Waals surface area (Å²) in [6, 6.07) is 13.9. The maximum atomic E-state index is 2.64. The van der Waals surface area contributed by atoms with Crippen molar-refractivity contribution in [3.05, 3.63) is 81.9 Å². The first-order valence-electron chi connectivity index (χ1n) is 8.54. The van der Waals surface area contributed by atoms with Crippen molar-refractivity contribution in [3.63, 3.8) is 0 Å². The molecule has 0 bridgehead atoms. The zero-order valence-corrected chi connectivity index (χ0v) is 18.0. The number of benzene rings is 2. The van der Waals surface area contributed by atoms with Crippen molar-refractivity contribution in [2.24, 2.45) is 0 Å². The maximum absolute atomic E-state index is 2.64. The minimum absolute atomic E-state index is 0.693. The summed E-state index contributed by atoms with van der Waals surface area (Å²) in [6.45, 7) is 4.43. The summed E-state index contributed by atoms with van der Waals surface area (Å²) in [5.41, 5.74) is 8.84. The van der Waals surface area contributed by atoms with Gasteiger partial charge in [-0.25, -0.2) is 0 Å². The third kappa shape index (κ3) is 2.45. The van der Waals surface area contributed by atoms with Gasteiger partial charge in [-0.05, 0) is 0 Å². The van der Waals surface area contributed by atoms with Gasteiger partial charge >= 0.3 is 145 Å². The molecule has 0 aliphatic heterocycles. The molecule has 0 heterocycles. The monoisotopic (exact) mass is 468 g/mol. The van der Waals surface area contributed by atoms with Crippen LogP contribution in [0, 0.1) is 13.8 Å². The van der Waals surface area contributed by atoms with Crippen molar-refractivity contribution < 1.29 is 20.0 Å². The second-order valence-corrected chi connectivity index (χ2v) is 25.3. The summed E-state index contributed by atoms with van der Waals surface area (Å²) >= 11 is -2.59. The number of hydrogen-bond acceptors (Lipinski definition) is 0. The predicted molar refractivity (Wildman–Crippen MR) is 97.6 cm³/mol. The van der Waals surface area contributed by atoms with Gasteiger partial charge in [0.25, 0.3) is 0 Å². The van der Waals surface area contributed by atoms with E-state index in [0.29, 0.717) is 7.35 Å². The molecule has 0 fully saturated rings. The van der Waals surface area contributed by atoms with Crippen LogP contribution in [-0.4, -0.2) is 0 Å². The van der Waals surface area contributed by atoms with Crippen molar-refractivity contribution in [2.45, 2.75) is 30.6 Å². The van der Waals surface area contributed by atoms with Crippen molar-refractivity contribution in [3.8, 4) is 0 Å². The van der Waals surface area contributed by atoms with Crippen LogP contribution in [0.3, 0.4) is 0 Å². The quantitative estimate of drug-likeness (QED) is 0.450. The number of hydrogen-bond donors (Lipinski definition) is 0. The molecule has 0 aromatic heterocycles. The molecule has 1 heteroatoms. The Balaban J connectivity index is 1.77. The summed E-state index contributed by atoms with van der Waals surface area (Å²) in [5.74, 6) is 0. The van der Waals surface area contributed by atoms with E-state index in [4.69, 9.17) is 0 Å². The molecule has 116 valence electrons. The Kier molecular flexibility index (Phi) is 3.61. The summed E-state index contributed by atoms with van der Waals surface area (Å²) in [6.07, 6.45) is 9.73. The summed E-state index contributed by atoms with van der Waals surface area (Å²) in [4.78, 5) is 0. The molecular formula is C22H24Hf. The Bertz CT molecular complexity index is 770. The van der Waals surface area contributed by atoms with E-state index < -0.39 is 20.0 Å². The van der Waals surface area contributed by atoms with E-state index in [1.54, 1.807) is 11.1 Å². The van der Waals surface area contributed by atoms with Gasteiger partial charge in [0.2, 0.25) is 0 Å².